The number of hydrogen-bond donors (Lipinski definition) is 2. The van der Waals surface area contributed by atoms with Crippen LogP contribution in [-0.2, 0) is 19.3 Å². The van der Waals surface area contributed by atoms with Gasteiger partial charge in [-0.15, -0.1) is 0 Å². The summed E-state index contributed by atoms with van der Waals surface area (Å²) in [7, 11) is 0. The lowest BCUT2D eigenvalue weighted by molar-refractivity contribution is -0.154. The first-order chi connectivity index (χ1) is 5.99. The summed E-state index contributed by atoms with van der Waals surface area (Å²) in [5.41, 5.74) is 4.80. The number of hydrogen-bond acceptors (Lipinski definition) is 3. The van der Waals surface area contributed by atoms with Crippen LogP contribution in [0, 0.1) is 0 Å². The molecule has 1 heterocycles. The van der Waals surface area contributed by atoms with Gasteiger partial charge in [0.05, 0.1) is 13.2 Å². The van der Waals surface area contributed by atoms with Gasteiger partial charge in [0.15, 0.2) is 0 Å². The zero-order valence-corrected chi connectivity index (χ0v) is 6.56. The molecule has 1 aromatic heterocycles. The van der Waals surface area contributed by atoms with Crippen LogP contribution in [0.2, 0.25) is 0 Å². The van der Waals surface area contributed by atoms with Crippen molar-refractivity contribution in [3.05, 3.63) is 23.2 Å². The first-order valence-corrected chi connectivity index (χ1v) is 3.48. The largest absolute Gasteiger partial charge is 0.455 e. The second-order valence-corrected chi connectivity index (χ2v) is 2.43. The molecule has 3 nitrogen and oxygen atoms in total. The molecule has 0 radical (unpaired) electrons. The van der Waals surface area contributed by atoms with Crippen molar-refractivity contribution in [1.29, 1.82) is 0 Å². The van der Waals surface area contributed by atoms with E-state index < -0.39 is 18.5 Å². The smallest absolute Gasteiger partial charge is 0.449 e. The minimum atomic E-state index is -4.58. The second-order valence-electron chi connectivity index (χ2n) is 2.43. The highest BCUT2D eigenvalue weighted by molar-refractivity contribution is 5.23. The Balaban J connectivity index is 3.11. The van der Waals surface area contributed by atoms with E-state index in [1.54, 1.807) is 0 Å². The molecule has 0 aliphatic rings. The number of nitrogens with two attached hydrogens (primary N) is 1. The van der Waals surface area contributed by atoms with E-state index in [2.05, 4.69) is 4.42 Å². The van der Waals surface area contributed by atoms with Crippen LogP contribution in [0.25, 0.3) is 0 Å². The van der Waals surface area contributed by atoms with Gasteiger partial charge in [0.2, 0.25) is 5.76 Å². The Morgan fingerprint density at radius 2 is 2.08 bits per heavy atom. The first kappa shape index (κ1) is 10.1. The summed E-state index contributed by atoms with van der Waals surface area (Å²) in [5, 5.41) is 8.59. The van der Waals surface area contributed by atoms with Crippen molar-refractivity contribution >= 4 is 0 Å². The minimum absolute atomic E-state index is 0.0105. The standard InChI is InChI=1S/C7H8F3NO2/c8-7(9,10)6-4(3-12)1-5(2-11)13-6/h1,12H,2-3,11H2. The molecule has 0 aliphatic heterocycles. The van der Waals surface area contributed by atoms with Crippen LogP contribution in [0.5, 0.6) is 0 Å². The van der Waals surface area contributed by atoms with E-state index in [0.717, 1.165) is 6.07 Å². The average molecular weight is 195 g/mol. The fraction of sp³-hybridized carbons (Fsp3) is 0.429. The third kappa shape index (κ3) is 2.02. The second kappa shape index (κ2) is 3.39. The maximum atomic E-state index is 12.1. The molecule has 0 atom stereocenters. The Labute approximate surface area is 72.0 Å². The summed E-state index contributed by atoms with van der Waals surface area (Å²) < 4.78 is 40.8. The zero-order valence-electron chi connectivity index (χ0n) is 6.56. The number of halogens is 3. The van der Waals surface area contributed by atoms with Crippen molar-refractivity contribution < 1.29 is 22.7 Å². The van der Waals surface area contributed by atoms with Crippen LogP contribution in [0.15, 0.2) is 10.5 Å². The molecule has 0 aromatic carbocycles. The molecule has 13 heavy (non-hydrogen) atoms. The van der Waals surface area contributed by atoms with E-state index >= 15 is 0 Å². The fourth-order valence-electron chi connectivity index (χ4n) is 0.944. The van der Waals surface area contributed by atoms with Crippen molar-refractivity contribution in [3.8, 4) is 0 Å². The summed E-state index contributed by atoms with van der Waals surface area (Å²) in [6.07, 6.45) is -4.58. The molecule has 0 unspecified atom stereocenters. The molecule has 1 rings (SSSR count). The molecule has 0 saturated carbocycles. The van der Waals surface area contributed by atoms with Crippen molar-refractivity contribution in [2.45, 2.75) is 19.3 Å². The molecule has 0 aliphatic carbocycles. The summed E-state index contributed by atoms with van der Waals surface area (Å²) >= 11 is 0. The monoisotopic (exact) mass is 195 g/mol. The SMILES string of the molecule is NCc1cc(CO)c(C(F)(F)F)o1. The average Bonchev–Trinajstić information content (AvgIpc) is 2.46. The maximum absolute atomic E-state index is 12.1. The lowest BCUT2D eigenvalue weighted by Gasteiger charge is -2.03. The molecular weight excluding hydrogens is 187 g/mol. The van der Waals surface area contributed by atoms with Gasteiger partial charge in [-0.1, -0.05) is 0 Å². The predicted octanol–water partition coefficient (Wildman–Crippen LogP) is 1.25. The fourth-order valence-corrected chi connectivity index (χ4v) is 0.944. The van der Waals surface area contributed by atoms with Crippen LogP contribution in [0.4, 0.5) is 13.2 Å². The van der Waals surface area contributed by atoms with Crippen molar-refractivity contribution in [2.75, 3.05) is 0 Å². The van der Waals surface area contributed by atoms with E-state index in [-0.39, 0.29) is 17.9 Å². The highest BCUT2D eigenvalue weighted by Gasteiger charge is 2.37. The molecule has 0 fully saturated rings. The number of rotatable bonds is 2. The number of furan rings is 1. The van der Waals surface area contributed by atoms with Crippen molar-refractivity contribution in [3.63, 3.8) is 0 Å². The van der Waals surface area contributed by atoms with Gasteiger partial charge in [-0.25, -0.2) is 0 Å². The predicted molar refractivity (Wildman–Crippen MR) is 37.5 cm³/mol. The normalized spacial score (nSPS) is 12.1. The summed E-state index contributed by atoms with van der Waals surface area (Å²) in [6.45, 7) is -0.832. The van der Waals surface area contributed by atoms with Gasteiger partial charge in [-0.3, -0.25) is 0 Å². The number of alkyl halides is 3. The molecule has 74 valence electrons. The van der Waals surface area contributed by atoms with Gasteiger partial charge < -0.3 is 15.3 Å². The Kier molecular flexibility index (Phi) is 2.63. The van der Waals surface area contributed by atoms with Gasteiger partial charge in [-0.2, -0.15) is 13.2 Å². The maximum Gasteiger partial charge on any atom is 0.449 e. The topological polar surface area (TPSA) is 59.4 Å². The van der Waals surface area contributed by atoms with E-state index in [4.69, 9.17) is 10.8 Å². The van der Waals surface area contributed by atoms with Crippen molar-refractivity contribution in [1.82, 2.24) is 0 Å². The zero-order chi connectivity index (χ0) is 10.1. The molecule has 0 bridgehead atoms. The molecule has 1 aromatic rings. The first-order valence-electron chi connectivity index (χ1n) is 3.48. The minimum Gasteiger partial charge on any atom is -0.455 e. The molecule has 0 saturated heterocycles. The molecule has 0 amide bonds. The van der Waals surface area contributed by atoms with Gasteiger partial charge >= 0.3 is 6.18 Å². The van der Waals surface area contributed by atoms with Crippen LogP contribution in [0.1, 0.15) is 17.1 Å². The van der Waals surface area contributed by atoms with E-state index in [0.29, 0.717) is 0 Å². The van der Waals surface area contributed by atoms with E-state index in [9.17, 15) is 13.2 Å². The number of aliphatic hydroxyl groups is 1. The Bertz CT molecular complexity index is 292. The van der Waals surface area contributed by atoms with Crippen LogP contribution in [0.3, 0.4) is 0 Å². The number of aliphatic hydroxyl groups excluding tert-OH is 1. The highest BCUT2D eigenvalue weighted by Crippen LogP contribution is 2.33. The molecule has 0 spiro atoms. The third-order valence-electron chi connectivity index (χ3n) is 1.49. The Morgan fingerprint density at radius 3 is 2.38 bits per heavy atom. The molecule has 3 N–H and O–H groups in total. The summed E-state index contributed by atoms with van der Waals surface area (Å²) in [5.74, 6) is -1.16. The van der Waals surface area contributed by atoms with E-state index in [1.807, 2.05) is 0 Å². The lowest BCUT2D eigenvalue weighted by atomic mass is 10.2. The van der Waals surface area contributed by atoms with Crippen LogP contribution >= 0.6 is 0 Å². The van der Waals surface area contributed by atoms with Gasteiger partial charge in [0.25, 0.3) is 0 Å². The third-order valence-corrected chi connectivity index (χ3v) is 1.49. The van der Waals surface area contributed by atoms with Gasteiger partial charge in [-0.05, 0) is 6.07 Å². The molecular formula is C7H8F3NO2. The quantitative estimate of drug-likeness (QED) is 0.746. The summed E-state index contributed by atoms with van der Waals surface area (Å²) in [4.78, 5) is 0. The van der Waals surface area contributed by atoms with Crippen LogP contribution in [-0.4, -0.2) is 5.11 Å². The lowest BCUT2D eigenvalue weighted by Crippen LogP contribution is -2.06. The molecule has 6 heteroatoms. The summed E-state index contributed by atoms with van der Waals surface area (Å²) in [6, 6.07) is 1.10. The van der Waals surface area contributed by atoms with Gasteiger partial charge in [0.1, 0.15) is 5.76 Å². The highest BCUT2D eigenvalue weighted by atomic mass is 19.4. The van der Waals surface area contributed by atoms with E-state index in [1.165, 1.54) is 0 Å². The Morgan fingerprint density at radius 1 is 1.46 bits per heavy atom. The van der Waals surface area contributed by atoms with Gasteiger partial charge in [0, 0.05) is 5.56 Å². The van der Waals surface area contributed by atoms with Crippen LogP contribution < -0.4 is 5.73 Å². The van der Waals surface area contributed by atoms with Crippen molar-refractivity contribution in [2.24, 2.45) is 5.73 Å². The Hall–Kier alpha value is -1.01.